The molecule has 24 heavy (non-hydrogen) atoms. The molecule has 0 saturated carbocycles. The maximum Gasteiger partial charge on any atom is 0.261 e. The summed E-state index contributed by atoms with van der Waals surface area (Å²) in [6.07, 6.45) is 0.952. The molecule has 0 radical (unpaired) electrons. The van der Waals surface area contributed by atoms with Crippen LogP contribution in [0.5, 0.6) is 0 Å². The van der Waals surface area contributed by atoms with Crippen molar-refractivity contribution in [2.45, 2.75) is 4.90 Å². The Balaban J connectivity index is 2.49. The van der Waals surface area contributed by atoms with Crippen molar-refractivity contribution in [3.63, 3.8) is 0 Å². The molecule has 0 aliphatic carbocycles. The lowest BCUT2D eigenvalue weighted by atomic mass is 10.2. The zero-order valence-corrected chi connectivity index (χ0v) is 15.1. The SMILES string of the molecule is CN(c1ccc(F)cc1NS(=O)(=O)c1ccc(Cl)cc1)S(C)(=O)=O. The molecule has 1 N–H and O–H groups in total. The molecule has 0 aliphatic rings. The van der Waals surface area contributed by atoms with E-state index >= 15 is 0 Å². The van der Waals surface area contributed by atoms with E-state index in [1.165, 1.54) is 37.4 Å². The molecule has 0 amide bonds. The lowest BCUT2D eigenvalue weighted by Gasteiger charge is -2.21. The summed E-state index contributed by atoms with van der Waals surface area (Å²) in [5, 5.41) is 0.359. The molecule has 0 aromatic heterocycles. The Kier molecular flexibility index (Phi) is 5.07. The lowest BCUT2D eigenvalue weighted by Crippen LogP contribution is -2.26. The van der Waals surface area contributed by atoms with Gasteiger partial charge in [-0.3, -0.25) is 9.03 Å². The van der Waals surface area contributed by atoms with Crippen LogP contribution in [-0.2, 0) is 20.0 Å². The van der Waals surface area contributed by atoms with Crippen LogP contribution >= 0.6 is 11.6 Å². The van der Waals surface area contributed by atoms with Gasteiger partial charge in [0.1, 0.15) is 5.82 Å². The number of benzene rings is 2. The molecule has 130 valence electrons. The summed E-state index contributed by atoms with van der Waals surface area (Å²) in [5.74, 6) is -0.713. The minimum Gasteiger partial charge on any atom is -0.277 e. The predicted molar refractivity (Wildman–Crippen MR) is 91.9 cm³/mol. The molecule has 0 bridgehead atoms. The van der Waals surface area contributed by atoms with E-state index in [-0.39, 0.29) is 16.3 Å². The smallest absolute Gasteiger partial charge is 0.261 e. The van der Waals surface area contributed by atoms with Gasteiger partial charge in [0.15, 0.2) is 0 Å². The molecule has 2 rings (SSSR count). The van der Waals surface area contributed by atoms with E-state index in [0.717, 1.165) is 22.7 Å². The van der Waals surface area contributed by atoms with E-state index in [4.69, 9.17) is 11.6 Å². The number of hydrogen-bond acceptors (Lipinski definition) is 4. The Hall–Kier alpha value is -1.84. The third kappa shape index (κ3) is 4.16. The second-order valence-electron chi connectivity index (χ2n) is 4.95. The lowest BCUT2D eigenvalue weighted by molar-refractivity contribution is 0.597. The second-order valence-corrected chi connectivity index (χ2v) is 9.08. The van der Waals surface area contributed by atoms with Gasteiger partial charge in [-0.2, -0.15) is 0 Å². The fraction of sp³-hybridized carbons (Fsp3) is 0.143. The van der Waals surface area contributed by atoms with Gasteiger partial charge >= 0.3 is 0 Å². The molecule has 0 fully saturated rings. The van der Waals surface area contributed by atoms with E-state index in [1.807, 2.05) is 0 Å². The summed E-state index contributed by atoms with van der Waals surface area (Å²) in [6, 6.07) is 8.47. The van der Waals surface area contributed by atoms with Gasteiger partial charge < -0.3 is 0 Å². The highest BCUT2D eigenvalue weighted by atomic mass is 35.5. The number of anilines is 2. The van der Waals surface area contributed by atoms with Gasteiger partial charge in [0.05, 0.1) is 22.5 Å². The van der Waals surface area contributed by atoms with Crippen LogP contribution in [0.25, 0.3) is 0 Å². The third-order valence-electron chi connectivity index (χ3n) is 3.16. The van der Waals surface area contributed by atoms with Gasteiger partial charge in [0.25, 0.3) is 10.0 Å². The fourth-order valence-electron chi connectivity index (χ4n) is 1.86. The Labute approximate surface area is 145 Å². The summed E-state index contributed by atoms with van der Waals surface area (Å²) in [4.78, 5) is -0.0934. The first-order chi connectivity index (χ1) is 11.0. The molecular weight excluding hydrogens is 379 g/mol. The van der Waals surface area contributed by atoms with Crippen molar-refractivity contribution in [2.75, 3.05) is 22.3 Å². The van der Waals surface area contributed by atoms with Crippen LogP contribution in [0.3, 0.4) is 0 Å². The second kappa shape index (κ2) is 6.58. The van der Waals surface area contributed by atoms with Crippen LogP contribution in [0.4, 0.5) is 15.8 Å². The number of hydrogen-bond donors (Lipinski definition) is 1. The highest BCUT2D eigenvalue weighted by Crippen LogP contribution is 2.30. The van der Waals surface area contributed by atoms with Gasteiger partial charge in [0, 0.05) is 18.1 Å². The third-order valence-corrected chi connectivity index (χ3v) is 5.99. The molecule has 10 heteroatoms. The summed E-state index contributed by atoms with van der Waals surface area (Å²) >= 11 is 5.72. The normalized spacial score (nSPS) is 12.0. The van der Waals surface area contributed by atoms with Crippen LogP contribution in [0, 0.1) is 5.82 Å². The van der Waals surface area contributed by atoms with Crippen molar-refractivity contribution in [2.24, 2.45) is 0 Å². The maximum atomic E-state index is 13.5. The van der Waals surface area contributed by atoms with Gasteiger partial charge in [-0.25, -0.2) is 21.2 Å². The van der Waals surface area contributed by atoms with E-state index in [1.54, 1.807) is 0 Å². The maximum absolute atomic E-state index is 13.5. The molecule has 0 unspecified atom stereocenters. The Morgan fingerprint density at radius 2 is 1.62 bits per heavy atom. The highest BCUT2D eigenvalue weighted by molar-refractivity contribution is 7.93. The Morgan fingerprint density at radius 3 is 2.17 bits per heavy atom. The van der Waals surface area contributed by atoms with Crippen molar-refractivity contribution in [3.05, 3.63) is 53.3 Å². The van der Waals surface area contributed by atoms with Crippen LogP contribution in [-0.4, -0.2) is 30.1 Å². The quantitative estimate of drug-likeness (QED) is 0.847. The van der Waals surface area contributed by atoms with Crippen molar-refractivity contribution in [1.82, 2.24) is 0 Å². The molecule has 2 aromatic rings. The van der Waals surface area contributed by atoms with E-state index in [9.17, 15) is 21.2 Å². The number of halogens is 2. The first-order valence-electron chi connectivity index (χ1n) is 6.52. The number of nitrogens with one attached hydrogen (secondary N) is 1. The first-order valence-corrected chi connectivity index (χ1v) is 10.2. The molecule has 0 saturated heterocycles. The molecule has 2 aromatic carbocycles. The van der Waals surface area contributed by atoms with Crippen molar-refractivity contribution < 1.29 is 21.2 Å². The van der Waals surface area contributed by atoms with Crippen LogP contribution in [0.1, 0.15) is 0 Å². The van der Waals surface area contributed by atoms with Gasteiger partial charge in [-0.05, 0) is 36.4 Å². The van der Waals surface area contributed by atoms with E-state index < -0.39 is 25.9 Å². The fourth-order valence-corrected chi connectivity index (χ4v) is 3.57. The highest BCUT2D eigenvalue weighted by Gasteiger charge is 2.21. The van der Waals surface area contributed by atoms with Crippen LogP contribution in [0.15, 0.2) is 47.4 Å². The van der Waals surface area contributed by atoms with Crippen LogP contribution < -0.4 is 9.03 Å². The topological polar surface area (TPSA) is 83.6 Å². The van der Waals surface area contributed by atoms with Gasteiger partial charge in [-0.15, -0.1) is 0 Å². The zero-order chi connectivity index (χ0) is 18.1. The first kappa shape index (κ1) is 18.5. The monoisotopic (exact) mass is 392 g/mol. The molecular formula is C14H14ClFN2O4S2. The standard InChI is InChI=1S/C14H14ClFN2O4S2/c1-18(23(2,19)20)14-8-5-11(16)9-13(14)17-24(21,22)12-6-3-10(15)4-7-12/h3-9,17H,1-2H3. The summed E-state index contributed by atoms with van der Waals surface area (Å²) in [7, 11) is -6.46. The molecule has 0 atom stereocenters. The minimum atomic E-state index is -4.05. The van der Waals surface area contributed by atoms with Crippen LogP contribution in [0.2, 0.25) is 5.02 Å². The Morgan fingerprint density at radius 1 is 1.04 bits per heavy atom. The molecule has 0 heterocycles. The number of nitrogens with zero attached hydrogens (tertiary/aromatic N) is 1. The Bertz CT molecular complexity index is 961. The van der Waals surface area contributed by atoms with Gasteiger partial charge in [-0.1, -0.05) is 11.6 Å². The van der Waals surface area contributed by atoms with Crippen molar-refractivity contribution in [3.8, 4) is 0 Å². The molecule has 0 aliphatic heterocycles. The largest absolute Gasteiger partial charge is 0.277 e. The molecule has 6 nitrogen and oxygen atoms in total. The summed E-state index contributed by atoms with van der Waals surface area (Å²) < 4.78 is 64.7. The number of sulfonamides is 2. The average Bonchev–Trinajstić information content (AvgIpc) is 2.46. The summed E-state index contributed by atoms with van der Waals surface area (Å²) in [5.41, 5.74) is -0.200. The van der Waals surface area contributed by atoms with Gasteiger partial charge in [0.2, 0.25) is 10.0 Å². The van der Waals surface area contributed by atoms with E-state index in [0.29, 0.717) is 5.02 Å². The van der Waals surface area contributed by atoms with Crippen molar-refractivity contribution >= 4 is 43.0 Å². The van der Waals surface area contributed by atoms with Crippen molar-refractivity contribution in [1.29, 1.82) is 0 Å². The number of rotatable bonds is 5. The van der Waals surface area contributed by atoms with E-state index in [2.05, 4.69) is 4.72 Å². The average molecular weight is 393 g/mol. The molecule has 0 spiro atoms. The zero-order valence-electron chi connectivity index (χ0n) is 12.7. The summed E-state index contributed by atoms with van der Waals surface area (Å²) in [6.45, 7) is 0. The minimum absolute atomic E-state index is 0.00330. The predicted octanol–water partition coefficient (Wildman–Crippen LogP) is 2.68.